The number of rotatable bonds is 5. The Hall–Kier alpha value is -1.15. The van der Waals surface area contributed by atoms with E-state index < -0.39 is 0 Å². The third kappa shape index (κ3) is 4.15. The maximum Gasteiger partial charge on any atom is 0.0654 e. The first-order valence-corrected chi connectivity index (χ1v) is 5.95. The number of aliphatic imine (C=N–C) groups is 1. The molecule has 16 heavy (non-hydrogen) atoms. The molecule has 0 aliphatic carbocycles. The first-order chi connectivity index (χ1) is 7.63. The first-order valence-electron chi connectivity index (χ1n) is 5.95. The van der Waals surface area contributed by atoms with Crippen LogP contribution in [0.15, 0.2) is 23.2 Å². The van der Waals surface area contributed by atoms with E-state index in [9.17, 15) is 0 Å². The van der Waals surface area contributed by atoms with E-state index in [0.717, 1.165) is 18.7 Å². The quantitative estimate of drug-likeness (QED) is 0.754. The molecular formula is C14H22N2. The lowest BCUT2D eigenvalue weighted by molar-refractivity contribution is 0.590. The van der Waals surface area contributed by atoms with Gasteiger partial charge in [0.2, 0.25) is 0 Å². The first kappa shape index (κ1) is 12.9. The number of nitrogens with zero attached hydrogens (tertiary/aromatic N) is 1. The Kier molecular flexibility index (Phi) is 5.20. The third-order valence-corrected chi connectivity index (χ3v) is 2.50. The van der Waals surface area contributed by atoms with Crippen molar-refractivity contribution in [2.75, 3.05) is 6.54 Å². The van der Waals surface area contributed by atoms with E-state index >= 15 is 0 Å². The van der Waals surface area contributed by atoms with Gasteiger partial charge in [0.1, 0.15) is 0 Å². The molecule has 1 rings (SSSR count). The summed E-state index contributed by atoms with van der Waals surface area (Å²) in [6, 6.07) is 7.05. The molecule has 0 aliphatic rings. The number of hydrogen-bond donors (Lipinski definition) is 1. The van der Waals surface area contributed by atoms with Crippen molar-refractivity contribution >= 4 is 11.9 Å². The van der Waals surface area contributed by atoms with E-state index in [-0.39, 0.29) is 0 Å². The second kappa shape index (κ2) is 6.44. The molecule has 0 atom stereocenters. The van der Waals surface area contributed by atoms with E-state index in [2.05, 4.69) is 49.3 Å². The molecule has 0 radical (unpaired) electrons. The summed E-state index contributed by atoms with van der Waals surface area (Å²) >= 11 is 0. The van der Waals surface area contributed by atoms with Crippen LogP contribution < -0.4 is 5.32 Å². The molecule has 0 spiro atoms. The zero-order chi connectivity index (χ0) is 12.0. The SMILES string of the molecule is CC=Nc1ccc(CCNC(C)C)cc1C. The molecule has 0 saturated carbocycles. The summed E-state index contributed by atoms with van der Waals surface area (Å²) in [5.74, 6) is 0. The Labute approximate surface area is 98.8 Å². The Balaban J connectivity index is 2.59. The molecule has 0 fully saturated rings. The molecule has 0 aromatic heterocycles. The van der Waals surface area contributed by atoms with Gasteiger partial charge < -0.3 is 5.32 Å². The molecule has 1 N–H and O–H groups in total. The number of benzene rings is 1. The Bertz CT molecular complexity index is 354. The molecule has 0 aliphatic heterocycles. The lowest BCUT2D eigenvalue weighted by Crippen LogP contribution is -2.24. The fourth-order valence-corrected chi connectivity index (χ4v) is 1.66. The molecule has 2 nitrogen and oxygen atoms in total. The van der Waals surface area contributed by atoms with E-state index in [0.29, 0.717) is 6.04 Å². The number of hydrogen-bond acceptors (Lipinski definition) is 2. The van der Waals surface area contributed by atoms with Crippen molar-refractivity contribution in [2.24, 2.45) is 4.99 Å². The fraction of sp³-hybridized carbons (Fsp3) is 0.500. The van der Waals surface area contributed by atoms with Gasteiger partial charge in [0, 0.05) is 12.3 Å². The predicted octanol–water partition coefficient (Wildman–Crippen LogP) is 3.26. The van der Waals surface area contributed by atoms with Gasteiger partial charge in [-0.3, -0.25) is 4.99 Å². The van der Waals surface area contributed by atoms with Crippen LogP contribution in [0.2, 0.25) is 0 Å². The standard InChI is InChI=1S/C14H22N2/c1-5-15-14-7-6-13(10-12(14)4)8-9-16-11(2)3/h5-7,10-11,16H,8-9H2,1-4H3. The van der Waals surface area contributed by atoms with Crippen molar-refractivity contribution in [3.05, 3.63) is 29.3 Å². The van der Waals surface area contributed by atoms with Crippen LogP contribution >= 0.6 is 0 Å². The molecule has 1 aromatic carbocycles. The Morgan fingerprint density at radius 1 is 1.38 bits per heavy atom. The topological polar surface area (TPSA) is 24.4 Å². The average molecular weight is 218 g/mol. The van der Waals surface area contributed by atoms with Crippen LogP contribution in [-0.4, -0.2) is 18.8 Å². The van der Waals surface area contributed by atoms with Crippen molar-refractivity contribution in [1.82, 2.24) is 5.32 Å². The van der Waals surface area contributed by atoms with Crippen LogP contribution in [0.25, 0.3) is 0 Å². The average Bonchev–Trinajstić information content (AvgIpc) is 2.21. The third-order valence-electron chi connectivity index (χ3n) is 2.50. The van der Waals surface area contributed by atoms with Crippen molar-refractivity contribution < 1.29 is 0 Å². The molecule has 0 saturated heterocycles. The maximum absolute atomic E-state index is 4.32. The monoisotopic (exact) mass is 218 g/mol. The van der Waals surface area contributed by atoms with Gasteiger partial charge in [0.15, 0.2) is 0 Å². The highest BCUT2D eigenvalue weighted by Crippen LogP contribution is 2.19. The predicted molar refractivity (Wildman–Crippen MR) is 71.8 cm³/mol. The Morgan fingerprint density at radius 3 is 2.69 bits per heavy atom. The van der Waals surface area contributed by atoms with Crippen molar-refractivity contribution in [2.45, 2.75) is 40.2 Å². The highest BCUT2D eigenvalue weighted by atomic mass is 14.9. The van der Waals surface area contributed by atoms with Gasteiger partial charge in [-0.15, -0.1) is 0 Å². The van der Waals surface area contributed by atoms with Gasteiger partial charge in [-0.1, -0.05) is 26.0 Å². The number of nitrogens with one attached hydrogen (secondary N) is 1. The molecular weight excluding hydrogens is 196 g/mol. The molecule has 0 unspecified atom stereocenters. The van der Waals surface area contributed by atoms with E-state index in [1.165, 1.54) is 11.1 Å². The lowest BCUT2D eigenvalue weighted by Gasteiger charge is -2.09. The number of aryl methyl sites for hydroxylation is 1. The molecule has 0 bridgehead atoms. The van der Waals surface area contributed by atoms with Gasteiger partial charge in [-0.05, 0) is 44.0 Å². The van der Waals surface area contributed by atoms with Gasteiger partial charge in [-0.25, -0.2) is 0 Å². The highest BCUT2D eigenvalue weighted by Gasteiger charge is 1.99. The highest BCUT2D eigenvalue weighted by molar-refractivity contribution is 5.62. The van der Waals surface area contributed by atoms with Gasteiger partial charge in [0.05, 0.1) is 5.69 Å². The smallest absolute Gasteiger partial charge is 0.0654 e. The summed E-state index contributed by atoms with van der Waals surface area (Å²) in [6.45, 7) is 9.43. The van der Waals surface area contributed by atoms with Crippen molar-refractivity contribution in [1.29, 1.82) is 0 Å². The summed E-state index contributed by atoms with van der Waals surface area (Å²) in [6.07, 6.45) is 2.91. The molecule has 0 amide bonds. The Morgan fingerprint density at radius 2 is 2.12 bits per heavy atom. The van der Waals surface area contributed by atoms with Crippen LogP contribution in [0.1, 0.15) is 31.9 Å². The lowest BCUT2D eigenvalue weighted by atomic mass is 10.1. The summed E-state index contributed by atoms with van der Waals surface area (Å²) in [5, 5.41) is 3.42. The van der Waals surface area contributed by atoms with Crippen LogP contribution in [0, 0.1) is 6.92 Å². The zero-order valence-corrected chi connectivity index (χ0v) is 10.7. The van der Waals surface area contributed by atoms with E-state index in [1.807, 2.05) is 13.1 Å². The molecule has 1 aromatic rings. The normalized spacial score (nSPS) is 11.6. The van der Waals surface area contributed by atoms with Crippen LogP contribution in [0.3, 0.4) is 0 Å². The molecule has 88 valence electrons. The van der Waals surface area contributed by atoms with Crippen molar-refractivity contribution in [3.8, 4) is 0 Å². The second-order valence-corrected chi connectivity index (χ2v) is 4.37. The summed E-state index contributed by atoms with van der Waals surface area (Å²) < 4.78 is 0. The van der Waals surface area contributed by atoms with Gasteiger partial charge >= 0.3 is 0 Å². The molecule has 2 heteroatoms. The minimum Gasteiger partial charge on any atom is -0.314 e. The fourth-order valence-electron chi connectivity index (χ4n) is 1.66. The van der Waals surface area contributed by atoms with Crippen LogP contribution in [0.4, 0.5) is 5.69 Å². The summed E-state index contributed by atoms with van der Waals surface area (Å²) in [5.41, 5.74) is 3.70. The summed E-state index contributed by atoms with van der Waals surface area (Å²) in [7, 11) is 0. The zero-order valence-electron chi connectivity index (χ0n) is 10.7. The van der Waals surface area contributed by atoms with Crippen molar-refractivity contribution in [3.63, 3.8) is 0 Å². The van der Waals surface area contributed by atoms with Gasteiger partial charge in [-0.2, -0.15) is 0 Å². The van der Waals surface area contributed by atoms with Gasteiger partial charge in [0.25, 0.3) is 0 Å². The maximum atomic E-state index is 4.32. The van der Waals surface area contributed by atoms with E-state index in [4.69, 9.17) is 0 Å². The largest absolute Gasteiger partial charge is 0.314 e. The minimum atomic E-state index is 0.560. The van der Waals surface area contributed by atoms with E-state index in [1.54, 1.807) is 0 Å². The second-order valence-electron chi connectivity index (χ2n) is 4.37. The summed E-state index contributed by atoms with van der Waals surface area (Å²) in [4.78, 5) is 4.32. The molecule has 0 heterocycles. The van der Waals surface area contributed by atoms with Crippen LogP contribution in [-0.2, 0) is 6.42 Å². The minimum absolute atomic E-state index is 0.560. The van der Waals surface area contributed by atoms with Crippen LogP contribution in [0.5, 0.6) is 0 Å².